The van der Waals surface area contributed by atoms with Crippen molar-refractivity contribution >= 4 is 50.8 Å². The van der Waals surface area contributed by atoms with Crippen LogP contribution in [0.4, 0.5) is 5.82 Å². The summed E-state index contributed by atoms with van der Waals surface area (Å²) in [7, 11) is 0. The maximum absolute atomic E-state index is 4.80. The molecule has 3 heterocycles. The Kier molecular flexibility index (Phi) is 2.69. The molecule has 0 spiro atoms. The van der Waals surface area contributed by atoms with E-state index in [-0.39, 0.29) is 14.5 Å². The molecule has 0 aliphatic carbocycles. The van der Waals surface area contributed by atoms with E-state index in [1.807, 2.05) is 12.1 Å². The summed E-state index contributed by atoms with van der Waals surface area (Å²) in [6.45, 7) is 2.95. The van der Waals surface area contributed by atoms with Crippen molar-refractivity contribution < 1.29 is 0 Å². The van der Waals surface area contributed by atoms with E-state index in [0.717, 1.165) is 27.8 Å². The summed E-state index contributed by atoms with van der Waals surface area (Å²) in [4.78, 5) is 13.6. The second-order valence-corrected chi connectivity index (χ2v) is 6.66. The van der Waals surface area contributed by atoms with Crippen LogP contribution in [0.15, 0.2) is 36.7 Å². The first-order chi connectivity index (χ1) is 9.86. The first-order valence-corrected chi connectivity index (χ1v) is 8.25. The molecule has 4 aromatic rings. The van der Waals surface area contributed by atoms with Gasteiger partial charge >= 0.3 is 121 Å². The van der Waals surface area contributed by atoms with E-state index >= 15 is 0 Å². The van der Waals surface area contributed by atoms with Gasteiger partial charge in [0, 0.05) is 0 Å². The van der Waals surface area contributed by atoms with E-state index in [1.165, 1.54) is 15.0 Å². The third-order valence-electron chi connectivity index (χ3n) is 3.29. The summed E-state index contributed by atoms with van der Waals surface area (Å²) in [5.74, 6) is 0.958. The van der Waals surface area contributed by atoms with Crippen molar-refractivity contribution in [3.05, 3.63) is 36.7 Å². The molecule has 3 aromatic heterocycles. The normalized spacial score (nSPS) is 11.4. The van der Waals surface area contributed by atoms with Crippen molar-refractivity contribution in [3.8, 4) is 0 Å². The van der Waals surface area contributed by atoms with Gasteiger partial charge in [-0.15, -0.1) is 0 Å². The Balaban J connectivity index is 2.13. The van der Waals surface area contributed by atoms with Gasteiger partial charge in [0.25, 0.3) is 0 Å². The average molecular weight is 327 g/mol. The van der Waals surface area contributed by atoms with Gasteiger partial charge in [-0.2, -0.15) is 0 Å². The van der Waals surface area contributed by atoms with Crippen LogP contribution in [0.5, 0.6) is 0 Å². The van der Waals surface area contributed by atoms with Gasteiger partial charge in [-0.25, -0.2) is 0 Å². The Bertz CT molecular complexity index is 929. The van der Waals surface area contributed by atoms with E-state index in [2.05, 4.69) is 40.4 Å². The zero-order valence-electron chi connectivity index (χ0n) is 10.9. The molecule has 0 fully saturated rings. The number of nitrogens with zero attached hydrogens (tertiary/aromatic N) is 3. The Labute approximate surface area is 121 Å². The topological polar surface area (TPSA) is 50.7 Å². The van der Waals surface area contributed by atoms with E-state index < -0.39 is 0 Å². The van der Waals surface area contributed by atoms with Crippen LogP contribution < -0.4 is 5.32 Å². The molecule has 4 rings (SSSR count). The number of hydrogen-bond donors (Lipinski definition) is 1. The zero-order valence-corrected chi connectivity index (χ0v) is 12.6. The van der Waals surface area contributed by atoms with Crippen LogP contribution in [0.1, 0.15) is 6.92 Å². The Morgan fingerprint density at radius 3 is 3.00 bits per heavy atom. The first kappa shape index (κ1) is 11.8. The standard InChI is InChI=1S/C15H12N4Se/c1-2-16-14-13-12(17-8-18-14)10-7-9-5-3-4-6-11(9)19-15(10)20-13/h3-8H,2H2,1H3,(H,16,17,18). The average Bonchev–Trinajstić information content (AvgIpc) is 2.84. The predicted octanol–water partition coefficient (Wildman–Crippen LogP) is 2.82. The Hall–Kier alpha value is -1.97. The molecular formula is C15H12N4Se. The summed E-state index contributed by atoms with van der Waals surface area (Å²) in [6.07, 6.45) is 1.64. The fraction of sp³-hybridized carbons (Fsp3) is 0.133. The SMILES string of the molecule is CCNc1ncnc2c1[se]c1nc3ccccc3cc12. The molecule has 1 N–H and O–H groups in total. The Morgan fingerprint density at radius 1 is 1.20 bits per heavy atom. The third kappa shape index (κ3) is 1.71. The van der Waals surface area contributed by atoms with E-state index in [9.17, 15) is 0 Å². The van der Waals surface area contributed by atoms with E-state index in [1.54, 1.807) is 6.33 Å². The molecular weight excluding hydrogens is 315 g/mol. The van der Waals surface area contributed by atoms with Gasteiger partial charge in [-0.3, -0.25) is 0 Å². The molecule has 0 radical (unpaired) electrons. The van der Waals surface area contributed by atoms with Gasteiger partial charge in [0.05, 0.1) is 0 Å². The molecule has 98 valence electrons. The van der Waals surface area contributed by atoms with Crippen LogP contribution in [0.3, 0.4) is 0 Å². The van der Waals surface area contributed by atoms with Gasteiger partial charge < -0.3 is 0 Å². The maximum atomic E-state index is 4.80. The van der Waals surface area contributed by atoms with Gasteiger partial charge in [0.2, 0.25) is 0 Å². The van der Waals surface area contributed by atoms with Gasteiger partial charge in [0.1, 0.15) is 0 Å². The summed E-state index contributed by atoms with van der Waals surface area (Å²) in [5, 5.41) is 5.65. The number of aromatic nitrogens is 3. The molecule has 4 nitrogen and oxygen atoms in total. The van der Waals surface area contributed by atoms with Gasteiger partial charge in [-0.1, -0.05) is 0 Å². The summed E-state index contributed by atoms with van der Waals surface area (Å²) in [6, 6.07) is 10.4. The monoisotopic (exact) mass is 328 g/mol. The van der Waals surface area contributed by atoms with Crippen LogP contribution in [0, 0.1) is 0 Å². The molecule has 0 bridgehead atoms. The second-order valence-electron chi connectivity index (χ2n) is 4.57. The molecule has 0 saturated heterocycles. The fourth-order valence-corrected chi connectivity index (χ4v) is 4.67. The van der Waals surface area contributed by atoms with Crippen molar-refractivity contribution in [2.24, 2.45) is 0 Å². The number of benzene rings is 1. The quantitative estimate of drug-likeness (QED) is 0.575. The van der Waals surface area contributed by atoms with Crippen molar-refractivity contribution in [2.45, 2.75) is 6.92 Å². The van der Waals surface area contributed by atoms with Crippen molar-refractivity contribution in [1.29, 1.82) is 0 Å². The number of pyridine rings is 1. The molecule has 1 aromatic carbocycles. The molecule has 0 aliphatic heterocycles. The van der Waals surface area contributed by atoms with Crippen LogP contribution in [0.2, 0.25) is 0 Å². The number of hydrogen-bond acceptors (Lipinski definition) is 4. The molecule has 0 saturated carbocycles. The van der Waals surface area contributed by atoms with Crippen molar-refractivity contribution in [1.82, 2.24) is 15.0 Å². The van der Waals surface area contributed by atoms with Crippen molar-refractivity contribution in [3.63, 3.8) is 0 Å². The van der Waals surface area contributed by atoms with E-state index in [0.29, 0.717) is 0 Å². The molecule has 0 unspecified atom stereocenters. The van der Waals surface area contributed by atoms with Crippen LogP contribution in [0.25, 0.3) is 30.5 Å². The van der Waals surface area contributed by atoms with Crippen LogP contribution >= 0.6 is 0 Å². The zero-order chi connectivity index (χ0) is 13.5. The minimum absolute atomic E-state index is 0.174. The van der Waals surface area contributed by atoms with Crippen LogP contribution in [-0.2, 0) is 0 Å². The number of fused-ring (bicyclic) bond motifs is 4. The van der Waals surface area contributed by atoms with E-state index in [4.69, 9.17) is 4.98 Å². The Morgan fingerprint density at radius 2 is 2.10 bits per heavy atom. The molecule has 0 atom stereocenters. The number of para-hydroxylation sites is 1. The molecule has 0 aliphatic rings. The summed E-state index contributed by atoms with van der Waals surface area (Å²) >= 11 is 0.174. The number of nitrogens with one attached hydrogen (secondary N) is 1. The first-order valence-electron chi connectivity index (χ1n) is 6.53. The van der Waals surface area contributed by atoms with Crippen LogP contribution in [-0.4, -0.2) is 36.0 Å². The van der Waals surface area contributed by atoms with Crippen molar-refractivity contribution in [2.75, 3.05) is 11.9 Å². The second kappa shape index (κ2) is 4.54. The fourth-order valence-electron chi connectivity index (χ4n) is 2.40. The molecule has 20 heavy (non-hydrogen) atoms. The number of rotatable bonds is 2. The predicted molar refractivity (Wildman–Crippen MR) is 83.4 cm³/mol. The summed E-state index contributed by atoms with van der Waals surface area (Å²) in [5.41, 5.74) is 2.10. The van der Waals surface area contributed by atoms with Gasteiger partial charge in [0.15, 0.2) is 0 Å². The third-order valence-corrected chi connectivity index (χ3v) is 5.59. The minimum atomic E-state index is 0.174. The van der Waals surface area contributed by atoms with Gasteiger partial charge in [-0.05, 0) is 0 Å². The molecule has 5 heteroatoms. The molecule has 0 amide bonds. The summed E-state index contributed by atoms with van der Waals surface area (Å²) < 4.78 is 2.38. The number of anilines is 1.